The number of hydrogen-bond donors (Lipinski definition) is 10. The van der Waals surface area contributed by atoms with Crippen LogP contribution in [0.2, 0.25) is 0 Å². The summed E-state index contributed by atoms with van der Waals surface area (Å²) < 4.78 is 23.1. The van der Waals surface area contributed by atoms with E-state index in [0.717, 1.165) is 0 Å². The smallest absolute Gasteiger partial charge is 0.207 e. The highest BCUT2D eigenvalue weighted by Gasteiger charge is 2.51. The molecule has 18 heteroatoms. The summed E-state index contributed by atoms with van der Waals surface area (Å²) >= 11 is 0. The molecule has 14 atom stereocenters. The van der Waals surface area contributed by atoms with E-state index in [1.165, 1.54) is 0 Å². The molecule has 40 heavy (non-hydrogen) atoms. The van der Waals surface area contributed by atoms with Gasteiger partial charge in [0, 0.05) is 19.0 Å². The van der Waals surface area contributed by atoms with Crippen molar-refractivity contribution in [2.24, 2.45) is 5.73 Å². The largest absolute Gasteiger partial charge is 0.394 e. The molecule has 0 aromatic carbocycles. The molecule has 1 saturated carbocycles. The number of nitrogens with one attached hydrogen (secondary N) is 4. The highest BCUT2D eigenvalue weighted by atomic mass is 16.7. The molecule has 0 spiro atoms. The Kier molecular flexibility index (Phi) is 11.9. The summed E-state index contributed by atoms with van der Waals surface area (Å²) in [5, 5.41) is 61.9. The molecular weight excluding hydrogens is 542 g/mol. The Labute approximate surface area is 228 Å². The van der Waals surface area contributed by atoms with Gasteiger partial charge in [0.1, 0.15) is 42.7 Å². The number of amides is 4. The molecule has 0 unspecified atom stereocenters. The van der Waals surface area contributed by atoms with Gasteiger partial charge in [0.2, 0.25) is 25.6 Å². The second-order valence-electron chi connectivity index (χ2n) is 9.76. The third-order valence-corrected chi connectivity index (χ3v) is 7.27. The molecule has 0 aromatic heterocycles. The number of hydrogen-bond acceptors (Lipinski definition) is 14. The number of rotatable bonds is 14. The van der Waals surface area contributed by atoms with E-state index in [4.69, 9.17) is 24.7 Å². The highest BCUT2D eigenvalue weighted by molar-refractivity contribution is 5.48. The summed E-state index contributed by atoms with van der Waals surface area (Å²) in [6, 6.07) is -4.00. The monoisotopic (exact) mass is 579 g/mol. The van der Waals surface area contributed by atoms with Gasteiger partial charge in [-0.25, -0.2) is 0 Å². The van der Waals surface area contributed by atoms with Crippen LogP contribution in [0.3, 0.4) is 0 Å². The van der Waals surface area contributed by atoms with E-state index < -0.39 is 92.2 Å². The van der Waals surface area contributed by atoms with Gasteiger partial charge in [0.15, 0.2) is 12.6 Å². The number of aliphatic hydroxyl groups is 5. The van der Waals surface area contributed by atoms with Gasteiger partial charge in [-0.1, -0.05) is 0 Å². The van der Waals surface area contributed by atoms with Gasteiger partial charge in [-0.3, -0.25) is 19.2 Å². The first kappa shape index (κ1) is 32.0. The van der Waals surface area contributed by atoms with Crippen molar-refractivity contribution in [3.63, 3.8) is 0 Å². The maximum Gasteiger partial charge on any atom is 0.207 e. The molecule has 0 bridgehead atoms. The third-order valence-electron chi connectivity index (χ3n) is 7.27. The van der Waals surface area contributed by atoms with Crippen LogP contribution in [0.15, 0.2) is 0 Å². The van der Waals surface area contributed by atoms with Gasteiger partial charge >= 0.3 is 0 Å². The van der Waals surface area contributed by atoms with Crippen molar-refractivity contribution in [2.75, 3.05) is 13.2 Å². The summed E-state index contributed by atoms with van der Waals surface area (Å²) in [5.41, 5.74) is 6.24. The minimum absolute atomic E-state index is 0.00668. The van der Waals surface area contributed by atoms with Crippen LogP contribution >= 0.6 is 0 Å². The van der Waals surface area contributed by atoms with Crippen LogP contribution < -0.4 is 27.0 Å². The van der Waals surface area contributed by atoms with Gasteiger partial charge < -0.3 is 71.5 Å². The predicted octanol–water partition coefficient (Wildman–Crippen LogP) is -7.15. The fraction of sp³-hybridized carbons (Fsp3) is 0.818. The molecule has 228 valence electrons. The number of ether oxygens (including phenoxy) is 4. The Morgan fingerprint density at radius 2 is 1.38 bits per heavy atom. The van der Waals surface area contributed by atoms with Gasteiger partial charge in [0.05, 0.1) is 30.8 Å². The Hall–Kier alpha value is -2.52. The first-order valence-electron chi connectivity index (χ1n) is 12.7. The molecule has 3 fully saturated rings. The van der Waals surface area contributed by atoms with Crippen molar-refractivity contribution < 1.29 is 63.7 Å². The topological polar surface area (TPSA) is 280 Å². The molecule has 3 aliphatic rings. The number of aliphatic hydroxyl groups excluding tert-OH is 5. The molecule has 2 saturated heterocycles. The van der Waals surface area contributed by atoms with E-state index in [1.807, 2.05) is 0 Å². The van der Waals surface area contributed by atoms with Crippen molar-refractivity contribution in [3.05, 3.63) is 0 Å². The van der Waals surface area contributed by atoms with Crippen LogP contribution in [0.4, 0.5) is 0 Å². The lowest BCUT2D eigenvalue weighted by atomic mass is 9.83. The average Bonchev–Trinajstić information content (AvgIpc) is 2.92. The number of carbonyl (C=O) groups is 4. The number of nitrogens with two attached hydrogens (primary N) is 1. The molecular formula is C22H37N5O13. The second-order valence-corrected chi connectivity index (χ2v) is 9.76. The predicted molar refractivity (Wildman–Crippen MR) is 128 cm³/mol. The zero-order valence-corrected chi connectivity index (χ0v) is 21.3. The molecule has 4 amide bonds. The standard InChI is InChI=1S/C22H37N5O13/c23-9-1-10(25-6-30)20(40-21-11(26-7-31)2-12(33)13(37-21)3-24-5-29)18(36)19(9)39-22-17(35)15(27-8-32)16(34)14(4-28)38-22/h5-22,28,33-36H,1-4,23H2,(H,24,29)(H,25,30)(H,26,31)(H,27,32)/t9-,10+,11-,12+,13-,14-,15+,16-,17-,18-,19+,20-,21-,22-/m1/s1. The fourth-order valence-electron chi connectivity index (χ4n) is 5.22. The van der Waals surface area contributed by atoms with Crippen LogP contribution in [-0.4, -0.2) is 150 Å². The van der Waals surface area contributed by atoms with Gasteiger partial charge in [-0.2, -0.15) is 0 Å². The van der Waals surface area contributed by atoms with Crippen molar-refractivity contribution in [3.8, 4) is 0 Å². The summed E-state index contributed by atoms with van der Waals surface area (Å²) in [6.45, 7) is -0.764. The fourth-order valence-corrected chi connectivity index (χ4v) is 5.22. The minimum atomic E-state index is -1.64. The van der Waals surface area contributed by atoms with E-state index in [2.05, 4.69) is 21.3 Å². The molecule has 2 heterocycles. The first-order valence-corrected chi connectivity index (χ1v) is 12.7. The molecule has 1 aliphatic carbocycles. The zero-order valence-electron chi connectivity index (χ0n) is 21.3. The molecule has 0 radical (unpaired) electrons. The quantitative estimate of drug-likeness (QED) is 0.0856. The molecule has 2 aliphatic heterocycles. The van der Waals surface area contributed by atoms with Crippen LogP contribution in [0.1, 0.15) is 12.8 Å². The average molecular weight is 580 g/mol. The number of carbonyl (C=O) groups excluding carboxylic acids is 4. The first-order chi connectivity index (χ1) is 19.2. The SMILES string of the molecule is N[C@@H]1C[C@H](NC=O)[C@@H](O[C@H]2O[C@H](CNC=O)[C@@H](O)C[C@H]2NC=O)[C@H](O)[C@H]1O[C@H]1O[C@H](CO)[C@@H](O)[C@H](NC=O)[C@H]1O. The van der Waals surface area contributed by atoms with Crippen molar-refractivity contribution in [1.82, 2.24) is 21.3 Å². The lowest BCUT2D eigenvalue weighted by molar-refractivity contribution is -0.317. The molecule has 18 nitrogen and oxygen atoms in total. The molecule has 0 aromatic rings. The Morgan fingerprint density at radius 1 is 0.750 bits per heavy atom. The maximum atomic E-state index is 11.3. The lowest BCUT2D eigenvalue weighted by Gasteiger charge is -2.48. The third kappa shape index (κ3) is 7.21. The summed E-state index contributed by atoms with van der Waals surface area (Å²) in [5.74, 6) is 0. The summed E-state index contributed by atoms with van der Waals surface area (Å²) in [4.78, 5) is 44.2. The zero-order chi connectivity index (χ0) is 29.4. The maximum absolute atomic E-state index is 11.3. The van der Waals surface area contributed by atoms with Crippen LogP contribution in [-0.2, 0) is 38.1 Å². The second kappa shape index (κ2) is 14.9. The highest BCUT2D eigenvalue weighted by Crippen LogP contribution is 2.32. The summed E-state index contributed by atoms with van der Waals surface area (Å²) in [7, 11) is 0. The van der Waals surface area contributed by atoms with Gasteiger partial charge in [-0.15, -0.1) is 0 Å². The molecule has 3 rings (SSSR count). The van der Waals surface area contributed by atoms with Gasteiger partial charge in [0.25, 0.3) is 0 Å². The van der Waals surface area contributed by atoms with E-state index in [-0.39, 0.29) is 25.8 Å². The normalized spacial score (nSPS) is 43.6. The van der Waals surface area contributed by atoms with E-state index in [1.54, 1.807) is 0 Å². The van der Waals surface area contributed by atoms with E-state index in [0.29, 0.717) is 19.2 Å². The Bertz CT molecular complexity index is 845. The van der Waals surface area contributed by atoms with Crippen LogP contribution in [0.5, 0.6) is 0 Å². The minimum Gasteiger partial charge on any atom is -0.394 e. The van der Waals surface area contributed by atoms with Gasteiger partial charge in [-0.05, 0) is 6.42 Å². The lowest BCUT2D eigenvalue weighted by Crippen LogP contribution is -2.69. The van der Waals surface area contributed by atoms with E-state index in [9.17, 15) is 44.7 Å². The van der Waals surface area contributed by atoms with Crippen molar-refractivity contribution in [1.29, 1.82) is 0 Å². The summed E-state index contributed by atoms with van der Waals surface area (Å²) in [6.07, 6.45) is -12.0. The van der Waals surface area contributed by atoms with Crippen molar-refractivity contribution >= 4 is 25.6 Å². The Balaban J connectivity index is 1.82. The van der Waals surface area contributed by atoms with Crippen LogP contribution in [0.25, 0.3) is 0 Å². The van der Waals surface area contributed by atoms with Crippen LogP contribution in [0, 0.1) is 0 Å². The van der Waals surface area contributed by atoms with E-state index >= 15 is 0 Å². The van der Waals surface area contributed by atoms with Crippen molar-refractivity contribution in [2.45, 2.75) is 98.4 Å². The molecule has 11 N–H and O–H groups in total. The Morgan fingerprint density at radius 3 is 2.00 bits per heavy atom.